The van der Waals surface area contributed by atoms with Gasteiger partial charge in [0.15, 0.2) is 0 Å². The molecule has 3 aromatic rings. The predicted molar refractivity (Wildman–Crippen MR) is 147 cm³/mol. The van der Waals surface area contributed by atoms with E-state index >= 15 is 0 Å². The molecule has 38 heavy (non-hydrogen) atoms. The van der Waals surface area contributed by atoms with Crippen molar-refractivity contribution in [2.45, 2.75) is 43.8 Å². The molecular formula is C27H32ClN3O6S. The zero-order valence-electron chi connectivity index (χ0n) is 21.1. The van der Waals surface area contributed by atoms with Gasteiger partial charge in [0.05, 0.1) is 11.5 Å². The van der Waals surface area contributed by atoms with E-state index in [4.69, 9.17) is 26.2 Å². The third kappa shape index (κ3) is 7.91. The Kier molecular flexibility index (Phi) is 10.9. The lowest BCUT2D eigenvalue weighted by Gasteiger charge is -2.31. The second-order valence-electron chi connectivity index (χ2n) is 8.69. The van der Waals surface area contributed by atoms with Crippen LogP contribution in [0.5, 0.6) is 0 Å². The standard InChI is InChI=1S/C26H30ClN3O4S.CH2O2/c1-2-34-26(31)30-15-13-22(14-16-30)29-35(32,33)25-12-9-20(23-5-3-4-6-24(23)25)18-28-17-19-7-10-21(27)11-8-19;2-1-3/h3-12,22,28-29H,2,13-18H2,1H3;1H,(H,2,3). The first kappa shape index (κ1) is 29.4. The fraction of sp³-hybridized carbons (Fsp3) is 0.333. The molecule has 1 aliphatic heterocycles. The number of sulfonamides is 1. The number of piperidine rings is 1. The number of hydrogen-bond donors (Lipinski definition) is 3. The molecule has 4 rings (SSSR count). The van der Waals surface area contributed by atoms with Crippen LogP contribution in [-0.4, -0.2) is 56.7 Å². The zero-order chi connectivity index (χ0) is 27.5. The van der Waals surface area contributed by atoms with Crippen molar-refractivity contribution < 1.29 is 27.9 Å². The van der Waals surface area contributed by atoms with Gasteiger partial charge in [0.2, 0.25) is 10.0 Å². The molecule has 0 radical (unpaired) electrons. The number of amides is 1. The van der Waals surface area contributed by atoms with Crippen molar-refractivity contribution in [3.8, 4) is 0 Å². The van der Waals surface area contributed by atoms with E-state index in [0.717, 1.165) is 16.5 Å². The number of nitrogens with one attached hydrogen (secondary N) is 2. The second-order valence-corrected chi connectivity index (χ2v) is 10.8. The highest BCUT2D eigenvalue weighted by Crippen LogP contribution is 2.27. The molecule has 1 fully saturated rings. The Hall–Kier alpha value is -3.18. The third-order valence-electron chi connectivity index (χ3n) is 6.16. The Morgan fingerprint density at radius 1 is 1.05 bits per heavy atom. The summed E-state index contributed by atoms with van der Waals surface area (Å²) < 4.78 is 34.5. The number of rotatable bonds is 8. The maximum absolute atomic E-state index is 13.3. The number of carboxylic acid groups (broad SMARTS) is 1. The summed E-state index contributed by atoms with van der Waals surface area (Å²) in [7, 11) is -3.74. The van der Waals surface area contributed by atoms with Crippen molar-refractivity contribution in [2.24, 2.45) is 0 Å². The van der Waals surface area contributed by atoms with Crippen molar-refractivity contribution in [1.29, 1.82) is 0 Å². The molecule has 1 heterocycles. The van der Waals surface area contributed by atoms with E-state index in [1.54, 1.807) is 17.9 Å². The molecule has 9 nitrogen and oxygen atoms in total. The van der Waals surface area contributed by atoms with Crippen LogP contribution in [0, 0.1) is 0 Å². The quantitative estimate of drug-likeness (QED) is 0.348. The highest BCUT2D eigenvalue weighted by Gasteiger charge is 2.28. The Morgan fingerprint density at radius 2 is 1.68 bits per heavy atom. The summed E-state index contributed by atoms with van der Waals surface area (Å²) in [5, 5.41) is 12.6. The number of nitrogens with zero attached hydrogens (tertiary/aromatic N) is 1. The van der Waals surface area contributed by atoms with Crippen LogP contribution in [0.2, 0.25) is 5.02 Å². The van der Waals surface area contributed by atoms with Crippen LogP contribution in [0.4, 0.5) is 4.79 Å². The van der Waals surface area contributed by atoms with Crippen LogP contribution in [0.25, 0.3) is 10.8 Å². The van der Waals surface area contributed by atoms with Gasteiger partial charge in [-0.15, -0.1) is 0 Å². The molecule has 3 aromatic carbocycles. The number of halogens is 1. The Morgan fingerprint density at radius 3 is 2.32 bits per heavy atom. The average Bonchev–Trinajstić information content (AvgIpc) is 2.90. The maximum atomic E-state index is 13.3. The molecule has 0 aromatic heterocycles. The summed E-state index contributed by atoms with van der Waals surface area (Å²) in [6, 6.07) is 18.6. The lowest BCUT2D eigenvalue weighted by Crippen LogP contribution is -2.46. The van der Waals surface area contributed by atoms with Crippen molar-refractivity contribution >= 4 is 45.0 Å². The van der Waals surface area contributed by atoms with Crippen LogP contribution < -0.4 is 10.0 Å². The van der Waals surface area contributed by atoms with Crippen molar-refractivity contribution in [2.75, 3.05) is 19.7 Å². The summed E-state index contributed by atoms with van der Waals surface area (Å²) in [5.41, 5.74) is 2.15. The molecule has 0 spiro atoms. The van der Waals surface area contributed by atoms with Crippen LogP contribution in [0.3, 0.4) is 0 Å². The lowest BCUT2D eigenvalue weighted by atomic mass is 10.0. The van der Waals surface area contributed by atoms with Crippen LogP contribution >= 0.6 is 11.6 Å². The Balaban J connectivity index is 0.00000127. The molecule has 0 unspecified atom stereocenters. The zero-order valence-corrected chi connectivity index (χ0v) is 22.7. The highest BCUT2D eigenvalue weighted by molar-refractivity contribution is 7.89. The van der Waals surface area contributed by atoms with Gasteiger partial charge >= 0.3 is 6.09 Å². The molecular weight excluding hydrogens is 530 g/mol. The summed E-state index contributed by atoms with van der Waals surface area (Å²) in [5.74, 6) is 0. The monoisotopic (exact) mass is 561 g/mol. The molecule has 11 heteroatoms. The van der Waals surface area contributed by atoms with E-state index < -0.39 is 10.0 Å². The van der Waals surface area contributed by atoms with E-state index in [1.807, 2.05) is 54.6 Å². The van der Waals surface area contributed by atoms with E-state index in [2.05, 4.69) is 10.0 Å². The third-order valence-corrected chi connectivity index (χ3v) is 8.00. The van der Waals surface area contributed by atoms with E-state index in [1.165, 1.54) is 0 Å². The predicted octanol–water partition coefficient (Wildman–Crippen LogP) is 4.38. The minimum atomic E-state index is -3.74. The first-order valence-electron chi connectivity index (χ1n) is 12.3. The molecule has 1 amide bonds. The van der Waals surface area contributed by atoms with E-state index in [-0.39, 0.29) is 23.5 Å². The van der Waals surface area contributed by atoms with E-state index in [0.29, 0.717) is 56.0 Å². The molecule has 204 valence electrons. The number of carbonyl (C=O) groups is 2. The Labute approximate surface area is 227 Å². The largest absolute Gasteiger partial charge is 0.483 e. The van der Waals surface area contributed by atoms with Crippen LogP contribution in [0.1, 0.15) is 30.9 Å². The van der Waals surface area contributed by atoms with Gasteiger partial charge in [-0.3, -0.25) is 4.79 Å². The summed E-state index contributed by atoms with van der Waals surface area (Å²) >= 11 is 5.96. The van der Waals surface area contributed by atoms with Gasteiger partial charge in [-0.25, -0.2) is 17.9 Å². The Bertz CT molecular complexity index is 1330. The number of carbonyl (C=O) groups excluding carboxylic acids is 1. The molecule has 1 aliphatic rings. The van der Waals surface area contributed by atoms with Gasteiger partial charge in [-0.1, -0.05) is 54.1 Å². The fourth-order valence-electron chi connectivity index (χ4n) is 4.34. The normalized spacial score (nSPS) is 14.0. The summed E-state index contributed by atoms with van der Waals surface area (Å²) in [6.45, 7) is 4.05. The SMILES string of the molecule is CCOC(=O)N1CCC(NS(=O)(=O)c2ccc(CNCc3ccc(Cl)cc3)c3ccccc23)CC1.O=CO. The second kappa shape index (κ2) is 14.1. The molecule has 0 bridgehead atoms. The molecule has 0 aliphatic carbocycles. The fourth-order valence-corrected chi connectivity index (χ4v) is 5.99. The average molecular weight is 562 g/mol. The highest BCUT2D eigenvalue weighted by atomic mass is 35.5. The summed E-state index contributed by atoms with van der Waals surface area (Å²) in [4.78, 5) is 22.2. The minimum absolute atomic E-state index is 0.231. The van der Waals surface area contributed by atoms with Gasteiger partial charge in [0.1, 0.15) is 0 Å². The molecule has 0 atom stereocenters. The van der Waals surface area contributed by atoms with Gasteiger partial charge < -0.3 is 20.1 Å². The van der Waals surface area contributed by atoms with Crippen molar-refractivity contribution in [3.63, 3.8) is 0 Å². The van der Waals surface area contributed by atoms with Crippen LogP contribution in [-0.2, 0) is 32.6 Å². The topological polar surface area (TPSA) is 125 Å². The number of hydrogen-bond acceptors (Lipinski definition) is 6. The first-order valence-corrected chi connectivity index (χ1v) is 14.1. The van der Waals surface area contributed by atoms with Crippen molar-refractivity contribution in [1.82, 2.24) is 14.9 Å². The van der Waals surface area contributed by atoms with Gasteiger partial charge in [0.25, 0.3) is 6.47 Å². The first-order chi connectivity index (χ1) is 18.3. The molecule has 3 N–H and O–H groups in total. The molecule has 0 saturated carbocycles. The van der Waals surface area contributed by atoms with Crippen molar-refractivity contribution in [3.05, 3.63) is 76.8 Å². The minimum Gasteiger partial charge on any atom is -0.483 e. The number of ether oxygens (including phenoxy) is 1. The number of benzene rings is 3. The summed E-state index contributed by atoms with van der Waals surface area (Å²) in [6.07, 6.45) is 0.741. The van der Waals surface area contributed by atoms with Crippen LogP contribution in [0.15, 0.2) is 65.6 Å². The van der Waals surface area contributed by atoms with Gasteiger partial charge in [-0.05, 0) is 54.5 Å². The lowest BCUT2D eigenvalue weighted by molar-refractivity contribution is -0.122. The maximum Gasteiger partial charge on any atom is 0.409 e. The van der Waals surface area contributed by atoms with E-state index in [9.17, 15) is 13.2 Å². The van der Waals surface area contributed by atoms with Gasteiger partial charge in [-0.2, -0.15) is 0 Å². The van der Waals surface area contributed by atoms with Gasteiger partial charge in [0, 0.05) is 42.6 Å². The number of likely N-dealkylation sites (tertiary alicyclic amines) is 1. The smallest absolute Gasteiger partial charge is 0.409 e. The molecule has 1 saturated heterocycles. The number of fused-ring (bicyclic) bond motifs is 1.